The van der Waals surface area contributed by atoms with E-state index in [1.165, 1.54) is 6.07 Å². The van der Waals surface area contributed by atoms with Gasteiger partial charge in [0.25, 0.3) is 0 Å². The van der Waals surface area contributed by atoms with E-state index in [-0.39, 0.29) is 46.7 Å². The summed E-state index contributed by atoms with van der Waals surface area (Å²) < 4.78 is 19.9. The predicted molar refractivity (Wildman–Crippen MR) is 209 cm³/mol. The van der Waals surface area contributed by atoms with Gasteiger partial charge in [-0.15, -0.1) is 0 Å². The normalized spacial score (nSPS) is 23.1. The van der Waals surface area contributed by atoms with E-state index >= 15 is 0 Å². The molecular formula is C43H50N4O8. The van der Waals surface area contributed by atoms with E-state index in [0.29, 0.717) is 54.1 Å². The second kappa shape index (κ2) is 15.7. The number of esters is 1. The van der Waals surface area contributed by atoms with Crippen LogP contribution in [0.1, 0.15) is 80.7 Å². The fourth-order valence-electron chi connectivity index (χ4n) is 8.42. The van der Waals surface area contributed by atoms with Crippen LogP contribution in [0, 0.1) is 5.92 Å². The average molecular weight is 751 g/mol. The number of dihydropyridines is 2. The van der Waals surface area contributed by atoms with E-state index in [1.807, 2.05) is 56.5 Å². The largest absolute Gasteiger partial charge is 0.508 e. The number of carbonyl (C=O) groups is 1. The van der Waals surface area contributed by atoms with Crippen LogP contribution >= 0.6 is 0 Å². The molecule has 7 rings (SSSR count). The highest BCUT2D eigenvalue weighted by atomic mass is 16.6. The van der Waals surface area contributed by atoms with Gasteiger partial charge in [-0.25, -0.2) is 4.79 Å². The molecule has 0 amide bonds. The maximum Gasteiger partial charge on any atom is 0.334 e. The predicted octanol–water partition coefficient (Wildman–Crippen LogP) is 5.20. The van der Waals surface area contributed by atoms with E-state index in [1.54, 1.807) is 18.2 Å². The van der Waals surface area contributed by atoms with E-state index in [0.717, 1.165) is 42.4 Å². The topological polar surface area (TPSA) is 203 Å². The number of benzene rings is 2. The molecule has 2 aromatic carbocycles. The zero-order valence-corrected chi connectivity index (χ0v) is 31.3. The highest BCUT2D eigenvalue weighted by Crippen LogP contribution is 2.52. The Balaban J connectivity index is 1.42. The number of phenolic OH excluding ortho intramolecular Hbond substituents is 2. The Bertz CT molecular complexity index is 2190. The van der Waals surface area contributed by atoms with Crippen LogP contribution in [0.3, 0.4) is 0 Å². The van der Waals surface area contributed by atoms with Crippen LogP contribution in [-0.2, 0) is 29.0 Å². The quantitative estimate of drug-likeness (QED) is 0.0999. The molecule has 3 aromatic rings. The number of aliphatic hydroxyl groups is 1. The molecule has 1 saturated carbocycles. The Morgan fingerprint density at radius 3 is 2.69 bits per heavy atom. The van der Waals surface area contributed by atoms with Crippen molar-refractivity contribution in [1.82, 2.24) is 10.6 Å². The van der Waals surface area contributed by atoms with Gasteiger partial charge in [0.15, 0.2) is 5.43 Å². The van der Waals surface area contributed by atoms with Gasteiger partial charge in [-0.1, -0.05) is 43.2 Å². The molecule has 0 radical (unpaired) electrons. The number of hydrogen-bond acceptors (Lipinski definition) is 12. The minimum absolute atomic E-state index is 0.0152. The van der Waals surface area contributed by atoms with Crippen LogP contribution < -0.4 is 32.3 Å². The molecule has 0 bridgehead atoms. The summed E-state index contributed by atoms with van der Waals surface area (Å²) in [5.74, 6) is -0.381. The monoisotopic (exact) mass is 750 g/mol. The molecule has 0 saturated heterocycles. The van der Waals surface area contributed by atoms with Crippen molar-refractivity contribution in [1.29, 1.82) is 0 Å². The molecule has 3 aliphatic heterocycles. The van der Waals surface area contributed by atoms with Crippen molar-refractivity contribution in [2.75, 3.05) is 6.54 Å². The summed E-state index contributed by atoms with van der Waals surface area (Å²) in [5.41, 5.74) is 14.7. The first kappa shape index (κ1) is 37.8. The lowest BCUT2D eigenvalue weighted by atomic mass is 9.78. The fourth-order valence-corrected chi connectivity index (χ4v) is 8.42. The summed E-state index contributed by atoms with van der Waals surface area (Å²) in [6, 6.07) is 8.07. The average Bonchev–Trinajstić information content (AvgIpc) is 3.69. The van der Waals surface area contributed by atoms with Crippen LogP contribution in [0.25, 0.3) is 11.0 Å². The van der Waals surface area contributed by atoms with Crippen molar-refractivity contribution in [2.45, 2.75) is 95.6 Å². The first-order valence-electron chi connectivity index (χ1n) is 19.1. The standard InChI is InChI=1S/C43H50N4O8/c1-3-30(26-8-4-5-9-26)42(52)54-34-21-32-39(51)38-33(50)20-29(23-48)53-41(38)37(40(32)55-43(34,2)15-13-24-11-12-35(44)47-22-24)31(27-14-16-46-36(45)19-27)18-25-7-6-10-28(49)17-25/h3,6-7,10-12,14,17,19-20,22,26,31,34-35,46-49,51H,4-5,8-9,13,15-16,18,21,23,44-45H2,1-2H3. The number of allylic oxidation sites excluding steroid dienone is 5. The van der Waals surface area contributed by atoms with Gasteiger partial charge in [0.1, 0.15) is 52.3 Å². The molecule has 9 N–H and O–H groups in total. The summed E-state index contributed by atoms with van der Waals surface area (Å²) in [5, 5.41) is 38.9. The number of phenols is 2. The number of fused-ring (bicyclic) bond motifs is 2. The summed E-state index contributed by atoms with van der Waals surface area (Å²) in [6.45, 7) is 3.64. The van der Waals surface area contributed by atoms with Crippen molar-refractivity contribution >= 4 is 16.9 Å². The number of hydrogen-bond donors (Lipinski definition) is 7. The smallest absolute Gasteiger partial charge is 0.334 e. The molecule has 1 fully saturated rings. The van der Waals surface area contributed by atoms with Crippen molar-refractivity contribution in [2.24, 2.45) is 17.4 Å². The number of ether oxygens (including phenoxy) is 2. The molecule has 0 spiro atoms. The lowest BCUT2D eigenvalue weighted by molar-refractivity contribution is -0.159. The Morgan fingerprint density at radius 1 is 1.20 bits per heavy atom. The van der Waals surface area contributed by atoms with Gasteiger partial charge in [0.05, 0.1) is 12.0 Å². The number of aliphatic hydroxyl groups excluding tert-OH is 1. The Morgan fingerprint density at radius 2 is 2.00 bits per heavy atom. The lowest BCUT2D eigenvalue weighted by Gasteiger charge is -2.44. The van der Waals surface area contributed by atoms with Gasteiger partial charge in [-0.3, -0.25) is 4.79 Å². The van der Waals surface area contributed by atoms with Gasteiger partial charge in [0.2, 0.25) is 0 Å². The molecule has 4 aliphatic rings. The Labute approximate surface area is 319 Å². The van der Waals surface area contributed by atoms with Crippen LogP contribution in [0.5, 0.6) is 17.2 Å². The van der Waals surface area contributed by atoms with Crippen molar-refractivity contribution < 1.29 is 34.0 Å². The van der Waals surface area contributed by atoms with E-state index in [4.69, 9.17) is 25.4 Å². The number of rotatable bonds is 11. The van der Waals surface area contributed by atoms with Crippen LogP contribution in [-0.4, -0.2) is 45.7 Å². The minimum atomic E-state index is -1.14. The zero-order chi connectivity index (χ0) is 38.9. The Hall–Kier alpha value is -5.46. The lowest BCUT2D eigenvalue weighted by Crippen LogP contribution is -2.52. The molecule has 4 heterocycles. The number of carbonyl (C=O) groups excluding carboxylic acids is 1. The van der Waals surface area contributed by atoms with Crippen LogP contribution in [0.2, 0.25) is 0 Å². The summed E-state index contributed by atoms with van der Waals surface area (Å²) in [6.07, 6.45) is 15.4. The molecule has 4 unspecified atom stereocenters. The summed E-state index contributed by atoms with van der Waals surface area (Å²) in [4.78, 5) is 27.9. The van der Waals surface area contributed by atoms with E-state index < -0.39 is 35.6 Å². The Kier molecular flexibility index (Phi) is 10.8. The van der Waals surface area contributed by atoms with Gasteiger partial charge in [0, 0.05) is 47.8 Å². The van der Waals surface area contributed by atoms with Gasteiger partial charge >= 0.3 is 5.97 Å². The second-order valence-corrected chi connectivity index (χ2v) is 15.1. The third kappa shape index (κ3) is 7.74. The molecule has 290 valence electrons. The summed E-state index contributed by atoms with van der Waals surface area (Å²) in [7, 11) is 0. The third-order valence-corrected chi connectivity index (χ3v) is 11.4. The van der Waals surface area contributed by atoms with Crippen molar-refractivity contribution in [3.8, 4) is 17.2 Å². The molecule has 12 heteroatoms. The van der Waals surface area contributed by atoms with Gasteiger partial charge in [-0.05, 0) is 92.9 Å². The van der Waals surface area contributed by atoms with Crippen LogP contribution in [0.4, 0.5) is 0 Å². The second-order valence-electron chi connectivity index (χ2n) is 15.1. The highest BCUT2D eigenvalue weighted by Gasteiger charge is 2.47. The number of aromatic hydroxyl groups is 2. The molecule has 12 nitrogen and oxygen atoms in total. The van der Waals surface area contributed by atoms with E-state index in [9.17, 15) is 24.9 Å². The molecule has 1 aliphatic carbocycles. The third-order valence-electron chi connectivity index (χ3n) is 11.4. The number of nitrogens with two attached hydrogens (primary N) is 2. The van der Waals surface area contributed by atoms with Crippen molar-refractivity contribution in [3.63, 3.8) is 0 Å². The molecule has 55 heavy (non-hydrogen) atoms. The zero-order valence-electron chi connectivity index (χ0n) is 31.3. The van der Waals surface area contributed by atoms with Gasteiger partial charge in [-0.2, -0.15) is 0 Å². The summed E-state index contributed by atoms with van der Waals surface area (Å²) >= 11 is 0. The maximum atomic E-state index is 14.0. The fraction of sp³-hybridized carbons (Fsp3) is 0.395. The van der Waals surface area contributed by atoms with Crippen molar-refractivity contribution in [3.05, 3.63) is 122 Å². The SMILES string of the molecule is CC=C(C(=O)OC1Cc2c(c(C(Cc3cccc(O)c3)C3=CCNC(N)=C3)c3oc(CO)cc(=O)c3c2O)OC1(C)CCC1=CNC(N)C=C1)C1CCCC1. The molecule has 1 aromatic heterocycles. The maximum absolute atomic E-state index is 14.0. The first-order chi connectivity index (χ1) is 26.5. The first-order valence-corrected chi connectivity index (χ1v) is 19.1. The van der Waals surface area contributed by atoms with Crippen LogP contribution in [0.15, 0.2) is 98.7 Å². The highest BCUT2D eigenvalue weighted by molar-refractivity contribution is 5.92. The van der Waals surface area contributed by atoms with E-state index in [2.05, 4.69) is 10.6 Å². The molecule has 4 atom stereocenters. The number of nitrogens with one attached hydrogen (secondary N) is 2. The van der Waals surface area contributed by atoms with Gasteiger partial charge < -0.3 is 51.3 Å². The minimum Gasteiger partial charge on any atom is -0.508 e. The molecular weight excluding hydrogens is 700 g/mol.